The highest BCUT2D eigenvalue weighted by atomic mass is 79.9. The summed E-state index contributed by atoms with van der Waals surface area (Å²) in [4.78, 5) is 12.0. The lowest BCUT2D eigenvalue weighted by molar-refractivity contribution is 0.101. The Kier molecular flexibility index (Phi) is 3.64. The molecular formula is C13H11BrO3. The van der Waals surface area contributed by atoms with Gasteiger partial charge in [0.25, 0.3) is 0 Å². The van der Waals surface area contributed by atoms with Crippen LogP contribution in [0.25, 0.3) is 0 Å². The quantitative estimate of drug-likeness (QED) is 0.808. The number of furan rings is 1. The van der Waals surface area contributed by atoms with Crippen LogP contribution in [0, 0.1) is 0 Å². The van der Waals surface area contributed by atoms with Gasteiger partial charge in [-0.2, -0.15) is 0 Å². The van der Waals surface area contributed by atoms with Gasteiger partial charge < -0.3 is 9.15 Å². The molecule has 1 aromatic carbocycles. The minimum Gasteiger partial charge on any atom is -0.494 e. The zero-order valence-electron chi connectivity index (χ0n) is 9.27. The molecule has 0 saturated heterocycles. The van der Waals surface area contributed by atoms with Gasteiger partial charge in [0.2, 0.25) is 5.78 Å². The molecular weight excluding hydrogens is 284 g/mol. The van der Waals surface area contributed by atoms with E-state index >= 15 is 0 Å². The van der Waals surface area contributed by atoms with Crippen LogP contribution in [0.5, 0.6) is 5.75 Å². The second kappa shape index (κ2) is 5.19. The molecule has 0 atom stereocenters. The number of benzene rings is 1. The SMILES string of the molecule is CCOc1ccc(C(=O)c2ccco2)c(Br)c1. The highest BCUT2D eigenvalue weighted by Gasteiger charge is 2.15. The summed E-state index contributed by atoms with van der Waals surface area (Å²) in [5.74, 6) is 0.912. The Bertz CT molecular complexity index is 517. The summed E-state index contributed by atoms with van der Waals surface area (Å²) in [6, 6.07) is 8.60. The molecule has 0 radical (unpaired) electrons. The third-order valence-electron chi connectivity index (χ3n) is 2.24. The minimum atomic E-state index is -0.148. The van der Waals surface area contributed by atoms with Gasteiger partial charge in [0.1, 0.15) is 5.75 Å². The van der Waals surface area contributed by atoms with Gasteiger partial charge in [0.05, 0.1) is 12.9 Å². The first-order valence-corrected chi connectivity index (χ1v) is 6.02. The average Bonchev–Trinajstić information content (AvgIpc) is 2.82. The normalized spacial score (nSPS) is 10.2. The summed E-state index contributed by atoms with van der Waals surface area (Å²) in [5.41, 5.74) is 0.559. The van der Waals surface area contributed by atoms with E-state index in [2.05, 4.69) is 15.9 Å². The molecule has 0 spiro atoms. The lowest BCUT2D eigenvalue weighted by Gasteiger charge is -2.06. The van der Waals surface area contributed by atoms with E-state index in [-0.39, 0.29) is 5.78 Å². The second-order valence-electron chi connectivity index (χ2n) is 3.38. The molecule has 0 aliphatic rings. The maximum absolute atomic E-state index is 12.0. The molecule has 1 heterocycles. The largest absolute Gasteiger partial charge is 0.494 e. The third-order valence-corrected chi connectivity index (χ3v) is 2.90. The summed E-state index contributed by atoms with van der Waals surface area (Å²) < 4.78 is 11.1. The van der Waals surface area contributed by atoms with E-state index in [1.54, 1.807) is 30.3 Å². The highest BCUT2D eigenvalue weighted by Crippen LogP contribution is 2.25. The third kappa shape index (κ3) is 2.58. The first-order valence-electron chi connectivity index (χ1n) is 5.23. The fourth-order valence-electron chi connectivity index (χ4n) is 1.48. The summed E-state index contributed by atoms with van der Waals surface area (Å²) in [5, 5.41) is 0. The number of hydrogen-bond acceptors (Lipinski definition) is 3. The van der Waals surface area contributed by atoms with Crippen LogP contribution in [0.4, 0.5) is 0 Å². The Morgan fingerprint density at radius 1 is 1.41 bits per heavy atom. The fourth-order valence-corrected chi connectivity index (χ4v) is 2.01. The zero-order chi connectivity index (χ0) is 12.3. The minimum absolute atomic E-state index is 0.148. The topological polar surface area (TPSA) is 39.4 Å². The lowest BCUT2D eigenvalue weighted by atomic mass is 10.1. The van der Waals surface area contributed by atoms with Crippen LogP contribution in [-0.4, -0.2) is 12.4 Å². The molecule has 4 heteroatoms. The Morgan fingerprint density at radius 3 is 2.82 bits per heavy atom. The van der Waals surface area contributed by atoms with Crippen LogP contribution in [-0.2, 0) is 0 Å². The number of rotatable bonds is 4. The Balaban J connectivity index is 2.31. The Hall–Kier alpha value is -1.55. The van der Waals surface area contributed by atoms with E-state index in [9.17, 15) is 4.79 Å². The molecule has 0 bridgehead atoms. The van der Waals surface area contributed by atoms with Crippen LogP contribution < -0.4 is 4.74 Å². The molecule has 0 aliphatic carbocycles. The molecule has 0 amide bonds. The lowest BCUT2D eigenvalue weighted by Crippen LogP contribution is -2.01. The zero-order valence-corrected chi connectivity index (χ0v) is 10.9. The van der Waals surface area contributed by atoms with Gasteiger partial charge in [-0.05, 0) is 53.2 Å². The van der Waals surface area contributed by atoms with Crippen LogP contribution in [0.3, 0.4) is 0 Å². The maximum Gasteiger partial charge on any atom is 0.229 e. The Labute approximate surface area is 108 Å². The summed E-state index contributed by atoms with van der Waals surface area (Å²) >= 11 is 3.36. The summed E-state index contributed by atoms with van der Waals surface area (Å²) in [6.07, 6.45) is 1.48. The van der Waals surface area contributed by atoms with Gasteiger partial charge in [-0.25, -0.2) is 0 Å². The molecule has 1 aromatic heterocycles. The molecule has 0 N–H and O–H groups in total. The van der Waals surface area contributed by atoms with Crippen LogP contribution in [0.15, 0.2) is 45.5 Å². The van der Waals surface area contributed by atoms with Gasteiger partial charge in [-0.15, -0.1) is 0 Å². The molecule has 2 rings (SSSR count). The van der Waals surface area contributed by atoms with Crippen molar-refractivity contribution >= 4 is 21.7 Å². The summed E-state index contributed by atoms with van der Waals surface area (Å²) in [6.45, 7) is 2.51. The molecule has 2 aromatic rings. The van der Waals surface area contributed by atoms with Gasteiger partial charge in [0.15, 0.2) is 5.76 Å². The van der Waals surface area contributed by atoms with Gasteiger partial charge in [-0.1, -0.05) is 0 Å². The first-order chi connectivity index (χ1) is 8.22. The second-order valence-corrected chi connectivity index (χ2v) is 4.24. The molecule has 0 unspecified atom stereocenters. The fraction of sp³-hybridized carbons (Fsp3) is 0.154. The van der Waals surface area contributed by atoms with E-state index in [1.807, 2.05) is 6.92 Å². The van der Waals surface area contributed by atoms with Crippen molar-refractivity contribution in [3.05, 3.63) is 52.4 Å². The maximum atomic E-state index is 12.0. The van der Waals surface area contributed by atoms with Crippen molar-refractivity contribution in [1.82, 2.24) is 0 Å². The molecule has 17 heavy (non-hydrogen) atoms. The van der Waals surface area contributed by atoms with Crippen molar-refractivity contribution in [2.75, 3.05) is 6.61 Å². The van der Waals surface area contributed by atoms with E-state index in [4.69, 9.17) is 9.15 Å². The molecule has 0 fully saturated rings. The molecule has 88 valence electrons. The van der Waals surface area contributed by atoms with E-state index in [0.29, 0.717) is 22.4 Å². The smallest absolute Gasteiger partial charge is 0.229 e. The number of ketones is 1. The molecule has 3 nitrogen and oxygen atoms in total. The van der Waals surface area contributed by atoms with Crippen LogP contribution in [0.2, 0.25) is 0 Å². The highest BCUT2D eigenvalue weighted by molar-refractivity contribution is 9.10. The number of ether oxygens (including phenoxy) is 1. The first kappa shape index (κ1) is 11.9. The van der Waals surface area contributed by atoms with Crippen molar-refractivity contribution in [2.24, 2.45) is 0 Å². The van der Waals surface area contributed by atoms with Crippen LogP contribution >= 0.6 is 15.9 Å². The standard InChI is InChI=1S/C13H11BrO3/c1-2-16-9-5-6-10(11(14)8-9)13(15)12-4-3-7-17-12/h3-8H,2H2,1H3. The van der Waals surface area contributed by atoms with Crippen molar-refractivity contribution in [2.45, 2.75) is 6.92 Å². The number of carbonyl (C=O) groups is 1. The van der Waals surface area contributed by atoms with Gasteiger partial charge in [-0.3, -0.25) is 4.79 Å². The van der Waals surface area contributed by atoms with Crippen LogP contribution in [0.1, 0.15) is 23.0 Å². The number of halogens is 1. The molecule has 0 saturated carbocycles. The number of carbonyl (C=O) groups excluding carboxylic acids is 1. The van der Waals surface area contributed by atoms with Crippen molar-refractivity contribution in [1.29, 1.82) is 0 Å². The van der Waals surface area contributed by atoms with E-state index < -0.39 is 0 Å². The van der Waals surface area contributed by atoms with Crippen molar-refractivity contribution < 1.29 is 13.9 Å². The van der Waals surface area contributed by atoms with Crippen molar-refractivity contribution in [3.63, 3.8) is 0 Å². The summed E-state index contributed by atoms with van der Waals surface area (Å²) in [7, 11) is 0. The Morgan fingerprint density at radius 2 is 2.24 bits per heavy atom. The predicted molar refractivity (Wildman–Crippen MR) is 67.5 cm³/mol. The monoisotopic (exact) mass is 294 g/mol. The average molecular weight is 295 g/mol. The van der Waals surface area contributed by atoms with Gasteiger partial charge >= 0.3 is 0 Å². The van der Waals surface area contributed by atoms with Gasteiger partial charge in [0, 0.05) is 10.0 Å². The van der Waals surface area contributed by atoms with Crippen molar-refractivity contribution in [3.8, 4) is 5.75 Å². The van der Waals surface area contributed by atoms with E-state index in [0.717, 1.165) is 5.75 Å². The number of hydrogen-bond donors (Lipinski definition) is 0. The predicted octanol–water partition coefficient (Wildman–Crippen LogP) is 3.67. The van der Waals surface area contributed by atoms with E-state index in [1.165, 1.54) is 6.26 Å². The molecule has 0 aliphatic heterocycles.